The van der Waals surface area contributed by atoms with Crippen LogP contribution in [0.5, 0.6) is 11.5 Å². The molecule has 0 aliphatic carbocycles. The SMILES string of the molecule is COC(=O)c1c(C)c(F)c(O)c(C)c1O. The second kappa shape index (κ2) is 3.76. The molecule has 82 valence electrons. The molecule has 0 saturated heterocycles. The molecule has 1 rings (SSSR count). The molecule has 0 bridgehead atoms. The Morgan fingerprint density at radius 3 is 2.20 bits per heavy atom. The maximum absolute atomic E-state index is 13.4. The molecule has 0 spiro atoms. The van der Waals surface area contributed by atoms with Gasteiger partial charge in [-0.2, -0.15) is 0 Å². The number of ether oxygens (including phenoxy) is 1. The first kappa shape index (κ1) is 11.3. The molecule has 1 aromatic rings. The van der Waals surface area contributed by atoms with Crippen LogP contribution in [-0.2, 0) is 4.74 Å². The lowest BCUT2D eigenvalue weighted by molar-refractivity contribution is 0.0595. The van der Waals surface area contributed by atoms with Gasteiger partial charge in [0.25, 0.3) is 0 Å². The van der Waals surface area contributed by atoms with Crippen molar-refractivity contribution in [3.63, 3.8) is 0 Å². The molecule has 5 heteroatoms. The van der Waals surface area contributed by atoms with Crippen LogP contribution in [0.1, 0.15) is 21.5 Å². The van der Waals surface area contributed by atoms with Crippen molar-refractivity contribution in [2.24, 2.45) is 0 Å². The van der Waals surface area contributed by atoms with E-state index in [1.807, 2.05) is 0 Å². The maximum Gasteiger partial charge on any atom is 0.342 e. The smallest absolute Gasteiger partial charge is 0.342 e. The Hall–Kier alpha value is -1.78. The summed E-state index contributed by atoms with van der Waals surface area (Å²) in [5, 5.41) is 18.8. The van der Waals surface area contributed by atoms with Gasteiger partial charge in [0.15, 0.2) is 11.6 Å². The molecule has 0 fully saturated rings. The highest BCUT2D eigenvalue weighted by Gasteiger charge is 2.23. The van der Waals surface area contributed by atoms with Gasteiger partial charge in [0, 0.05) is 11.1 Å². The standard InChI is InChI=1S/C10H11FO4/c1-4-6(10(14)15-3)8(12)5(2)9(13)7(4)11/h12-13H,1-3H3. The van der Waals surface area contributed by atoms with Gasteiger partial charge in [-0.1, -0.05) is 0 Å². The summed E-state index contributed by atoms with van der Waals surface area (Å²) >= 11 is 0. The van der Waals surface area contributed by atoms with Crippen LogP contribution in [0.25, 0.3) is 0 Å². The second-order valence-electron chi connectivity index (χ2n) is 3.13. The van der Waals surface area contributed by atoms with Gasteiger partial charge in [-0.3, -0.25) is 0 Å². The first-order chi connectivity index (χ1) is 6.91. The Bertz CT molecular complexity index is 397. The number of carbonyl (C=O) groups excluding carboxylic acids is 1. The average molecular weight is 214 g/mol. The fourth-order valence-corrected chi connectivity index (χ4v) is 1.28. The van der Waals surface area contributed by atoms with Gasteiger partial charge in [-0.15, -0.1) is 0 Å². The van der Waals surface area contributed by atoms with E-state index in [4.69, 9.17) is 0 Å². The fraction of sp³-hybridized carbons (Fsp3) is 0.300. The molecule has 2 N–H and O–H groups in total. The number of esters is 1. The van der Waals surface area contributed by atoms with Gasteiger partial charge in [0.05, 0.1) is 7.11 Å². The van der Waals surface area contributed by atoms with Crippen molar-refractivity contribution >= 4 is 5.97 Å². The monoisotopic (exact) mass is 214 g/mol. The van der Waals surface area contributed by atoms with E-state index >= 15 is 0 Å². The largest absolute Gasteiger partial charge is 0.507 e. The van der Waals surface area contributed by atoms with Gasteiger partial charge in [-0.25, -0.2) is 9.18 Å². The number of hydrogen-bond acceptors (Lipinski definition) is 4. The third-order valence-corrected chi connectivity index (χ3v) is 2.25. The summed E-state index contributed by atoms with van der Waals surface area (Å²) in [4.78, 5) is 11.2. The van der Waals surface area contributed by atoms with Gasteiger partial charge in [0.1, 0.15) is 11.3 Å². The van der Waals surface area contributed by atoms with Crippen LogP contribution in [0.3, 0.4) is 0 Å². The number of rotatable bonds is 1. The van der Waals surface area contributed by atoms with Crippen LogP contribution in [0.4, 0.5) is 4.39 Å². The fourth-order valence-electron chi connectivity index (χ4n) is 1.28. The number of benzene rings is 1. The van der Waals surface area contributed by atoms with E-state index in [1.54, 1.807) is 0 Å². The van der Waals surface area contributed by atoms with Crippen LogP contribution in [-0.4, -0.2) is 23.3 Å². The van der Waals surface area contributed by atoms with Crippen LogP contribution < -0.4 is 0 Å². The topological polar surface area (TPSA) is 66.8 Å². The lowest BCUT2D eigenvalue weighted by Crippen LogP contribution is -2.07. The number of phenols is 2. The summed E-state index contributed by atoms with van der Waals surface area (Å²) in [5.41, 5.74) is -0.480. The molecule has 0 amide bonds. The van der Waals surface area contributed by atoms with E-state index in [1.165, 1.54) is 13.8 Å². The maximum atomic E-state index is 13.4. The van der Waals surface area contributed by atoms with Crippen molar-refractivity contribution in [2.75, 3.05) is 7.11 Å². The van der Waals surface area contributed by atoms with E-state index in [-0.39, 0.29) is 16.7 Å². The minimum atomic E-state index is -0.925. The number of methoxy groups -OCH3 is 1. The molecule has 0 atom stereocenters. The van der Waals surface area contributed by atoms with Gasteiger partial charge in [0.2, 0.25) is 0 Å². The van der Waals surface area contributed by atoms with Crippen molar-refractivity contribution in [1.29, 1.82) is 0 Å². The van der Waals surface area contributed by atoms with Crippen molar-refractivity contribution in [3.05, 3.63) is 22.5 Å². The predicted molar refractivity (Wildman–Crippen MR) is 50.5 cm³/mol. The Labute approximate surface area is 85.9 Å². The summed E-state index contributed by atoms with van der Waals surface area (Å²) in [6.07, 6.45) is 0. The molecule has 4 nitrogen and oxygen atoms in total. The zero-order chi connectivity index (χ0) is 11.7. The van der Waals surface area contributed by atoms with E-state index in [9.17, 15) is 19.4 Å². The zero-order valence-corrected chi connectivity index (χ0v) is 8.59. The third-order valence-electron chi connectivity index (χ3n) is 2.25. The van der Waals surface area contributed by atoms with Crippen molar-refractivity contribution in [3.8, 4) is 11.5 Å². The number of hydrogen-bond donors (Lipinski definition) is 2. The molecule has 0 saturated carbocycles. The van der Waals surface area contributed by atoms with Crippen LogP contribution in [0.2, 0.25) is 0 Å². The zero-order valence-electron chi connectivity index (χ0n) is 8.59. The lowest BCUT2D eigenvalue weighted by Gasteiger charge is -2.11. The van der Waals surface area contributed by atoms with Gasteiger partial charge < -0.3 is 14.9 Å². The Kier molecular flexibility index (Phi) is 2.83. The third kappa shape index (κ3) is 1.60. The lowest BCUT2D eigenvalue weighted by atomic mass is 10.0. The van der Waals surface area contributed by atoms with Crippen LogP contribution in [0.15, 0.2) is 0 Å². The average Bonchev–Trinajstić information content (AvgIpc) is 2.23. The number of aromatic hydroxyl groups is 2. The van der Waals surface area contributed by atoms with Gasteiger partial charge >= 0.3 is 5.97 Å². The van der Waals surface area contributed by atoms with Crippen molar-refractivity contribution in [2.45, 2.75) is 13.8 Å². The number of halogens is 1. The van der Waals surface area contributed by atoms with E-state index in [0.29, 0.717) is 0 Å². The Morgan fingerprint density at radius 2 is 1.73 bits per heavy atom. The molecule has 0 heterocycles. The van der Waals surface area contributed by atoms with Gasteiger partial charge in [-0.05, 0) is 13.8 Å². The quantitative estimate of drug-likeness (QED) is 0.697. The molecule has 0 aliphatic heterocycles. The Morgan fingerprint density at radius 1 is 1.20 bits per heavy atom. The molecular weight excluding hydrogens is 203 g/mol. The first-order valence-electron chi connectivity index (χ1n) is 4.20. The van der Waals surface area contributed by atoms with Crippen LogP contribution >= 0.6 is 0 Å². The van der Waals surface area contributed by atoms with Crippen LogP contribution in [0, 0.1) is 19.7 Å². The summed E-state index contributed by atoms with van der Waals surface area (Å²) in [6.45, 7) is 2.58. The minimum absolute atomic E-state index is 0.0847. The van der Waals surface area contributed by atoms with Crippen molar-refractivity contribution < 1.29 is 24.1 Å². The first-order valence-corrected chi connectivity index (χ1v) is 4.20. The molecule has 15 heavy (non-hydrogen) atoms. The molecule has 0 aliphatic rings. The predicted octanol–water partition coefficient (Wildman–Crippen LogP) is 1.64. The summed E-state index contributed by atoms with van der Waals surface area (Å²) in [7, 11) is 1.13. The summed E-state index contributed by atoms with van der Waals surface area (Å²) < 4.78 is 17.8. The number of phenolic OH excluding ortho intramolecular Hbond substituents is 2. The van der Waals surface area contributed by atoms with E-state index < -0.39 is 23.3 Å². The molecule has 0 radical (unpaired) electrons. The normalized spacial score (nSPS) is 10.1. The highest BCUT2D eigenvalue weighted by atomic mass is 19.1. The molecule has 0 aromatic heterocycles. The van der Waals surface area contributed by atoms with E-state index in [0.717, 1.165) is 7.11 Å². The highest BCUT2D eigenvalue weighted by Crippen LogP contribution is 2.35. The summed E-state index contributed by atoms with van der Waals surface area (Å²) in [6, 6.07) is 0. The minimum Gasteiger partial charge on any atom is -0.507 e. The Balaban J connectivity index is 3.60. The molecular formula is C10H11FO4. The molecule has 0 unspecified atom stereocenters. The highest BCUT2D eigenvalue weighted by molar-refractivity contribution is 5.95. The number of carbonyl (C=O) groups is 1. The van der Waals surface area contributed by atoms with Crippen molar-refractivity contribution in [1.82, 2.24) is 0 Å². The second-order valence-corrected chi connectivity index (χ2v) is 3.13. The molecule has 1 aromatic carbocycles. The van der Waals surface area contributed by atoms with E-state index in [2.05, 4.69) is 4.74 Å². The summed E-state index contributed by atoms with van der Waals surface area (Å²) in [5.74, 6) is -2.88.